The fourth-order valence-electron chi connectivity index (χ4n) is 4.17. The van der Waals surface area contributed by atoms with Gasteiger partial charge in [-0.2, -0.15) is 5.10 Å². The van der Waals surface area contributed by atoms with E-state index in [-0.39, 0.29) is 17.5 Å². The summed E-state index contributed by atoms with van der Waals surface area (Å²) in [5, 5.41) is 9.68. The monoisotopic (exact) mass is 446 g/mol. The van der Waals surface area contributed by atoms with Crippen molar-refractivity contribution in [2.45, 2.75) is 0 Å². The maximum absolute atomic E-state index is 13.5. The molecule has 3 amide bonds. The highest BCUT2D eigenvalue weighted by Crippen LogP contribution is 2.32. The number of fused-ring (bicyclic) bond motifs is 3. The van der Waals surface area contributed by atoms with E-state index in [0.717, 1.165) is 23.9 Å². The number of hydrogen-bond acceptors (Lipinski definition) is 4. The summed E-state index contributed by atoms with van der Waals surface area (Å²) in [6.07, 6.45) is 0. The number of benzene rings is 3. The van der Waals surface area contributed by atoms with Crippen LogP contribution < -0.4 is 11.1 Å². The smallest absolute Gasteiger partial charge is 0.321 e. The van der Waals surface area contributed by atoms with Gasteiger partial charge in [0.25, 0.3) is 5.91 Å². The van der Waals surface area contributed by atoms with Crippen molar-refractivity contribution in [1.29, 1.82) is 0 Å². The molecular weight excluding hydrogens is 423 g/mol. The summed E-state index contributed by atoms with van der Waals surface area (Å²) < 4.78 is 15.1. The van der Waals surface area contributed by atoms with E-state index in [0.29, 0.717) is 35.4 Å². The van der Waals surface area contributed by atoms with Crippen LogP contribution in [0.3, 0.4) is 0 Å². The van der Waals surface area contributed by atoms with Crippen molar-refractivity contribution in [2.75, 3.05) is 38.5 Å². The highest BCUT2D eigenvalue weighted by molar-refractivity contribution is 6.14. The summed E-state index contributed by atoms with van der Waals surface area (Å²) >= 11 is 0. The number of urea groups is 1. The maximum atomic E-state index is 13.5. The van der Waals surface area contributed by atoms with Crippen LogP contribution in [0.1, 0.15) is 10.5 Å². The minimum Gasteiger partial charge on any atom is -0.364 e. The van der Waals surface area contributed by atoms with Gasteiger partial charge in [-0.25, -0.2) is 13.9 Å². The number of primary amides is 1. The fraction of sp³-hybridized carbons (Fsp3) is 0.208. The first-order valence-corrected chi connectivity index (χ1v) is 10.7. The lowest BCUT2D eigenvalue weighted by atomic mass is 10.0. The van der Waals surface area contributed by atoms with Gasteiger partial charge >= 0.3 is 6.03 Å². The summed E-state index contributed by atoms with van der Waals surface area (Å²) in [6.45, 7) is 3.00. The molecule has 0 bridgehead atoms. The lowest BCUT2D eigenvalue weighted by Gasteiger charge is -2.32. The topological polar surface area (TPSA) is 96.5 Å². The molecule has 33 heavy (non-hydrogen) atoms. The minimum atomic E-state index is -0.653. The number of likely N-dealkylation sites (N-methyl/N-ethyl adjacent to an activating group) is 1. The molecule has 0 aliphatic carbocycles. The number of halogens is 1. The second-order valence-corrected chi connectivity index (χ2v) is 8.22. The molecular formula is C24H23FN6O2. The Morgan fingerprint density at radius 1 is 0.970 bits per heavy atom. The SMILES string of the molecule is CN1CCN(C(=O)Nc2ccc3ccc4c(C(N)=O)nn(-c5ccc(F)cc5)c4c3c2)CC1. The molecule has 2 heterocycles. The Kier molecular flexibility index (Phi) is 5.18. The largest absolute Gasteiger partial charge is 0.364 e. The van der Waals surface area contributed by atoms with Crippen LogP contribution in [0, 0.1) is 5.82 Å². The molecule has 168 valence electrons. The third kappa shape index (κ3) is 3.87. The summed E-state index contributed by atoms with van der Waals surface area (Å²) in [5.74, 6) is -1.02. The predicted molar refractivity (Wildman–Crippen MR) is 125 cm³/mol. The number of amides is 3. The maximum Gasteiger partial charge on any atom is 0.321 e. The number of nitrogens with zero attached hydrogens (tertiary/aromatic N) is 4. The van der Waals surface area contributed by atoms with Gasteiger partial charge in [-0.1, -0.05) is 12.1 Å². The number of carbonyl (C=O) groups is 2. The number of hydrogen-bond donors (Lipinski definition) is 2. The van der Waals surface area contributed by atoms with Gasteiger partial charge in [-0.15, -0.1) is 0 Å². The standard InChI is InChI=1S/C24H23FN6O2/c1-29-10-12-30(13-11-29)24(33)27-17-6-2-15-3-9-19-21(23(26)32)28-31(22(19)20(15)14-17)18-7-4-16(25)5-8-18/h2-9,14H,10-13H2,1H3,(H2,26,32)(H,27,33). The number of piperazine rings is 1. The van der Waals surface area contributed by atoms with Crippen LogP contribution in [0.2, 0.25) is 0 Å². The fourth-order valence-corrected chi connectivity index (χ4v) is 4.17. The average Bonchev–Trinajstić information content (AvgIpc) is 3.20. The first-order valence-electron chi connectivity index (χ1n) is 10.7. The molecule has 1 saturated heterocycles. The Morgan fingerprint density at radius 2 is 1.67 bits per heavy atom. The zero-order valence-corrected chi connectivity index (χ0v) is 18.1. The molecule has 5 rings (SSSR count). The molecule has 3 aromatic carbocycles. The third-order valence-electron chi connectivity index (χ3n) is 6.01. The van der Waals surface area contributed by atoms with Gasteiger partial charge in [-0.3, -0.25) is 4.79 Å². The van der Waals surface area contributed by atoms with E-state index in [2.05, 4.69) is 15.3 Å². The number of rotatable bonds is 3. The molecule has 0 saturated carbocycles. The molecule has 0 unspecified atom stereocenters. The molecule has 1 aliphatic rings. The van der Waals surface area contributed by atoms with Crippen molar-refractivity contribution >= 4 is 39.3 Å². The number of nitrogens with two attached hydrogens (primary N) is 1. The number of anilines is 1. The normalized spacial score (nSPS) is 14.7. The first kappa shape index (κ1) is 20.9. The van der Waals surface area contributed by atoms with Gasteiger partial charge in [0.15, 0.2) is 5.69 Å². The average molecular weight is 446 g/mol. The van der Waals surface area contributed by atoms with Crippen LogP contribution in [0.25, 0.3) is 27.4 Å². The van der Waals surface area contributed by atoms with Crippen LogP contribution >= 0.6 is 0 Å². The highest BCUT2D eigenvalue weighted by atomic mass is 19.1. The van der Waals surface area contributed by atoms with E-state index in [9.17, 15) is 14.0 Å². The zero-order valence-electron chi connectivity index (χ0n) is 18.1. The van der Waals surface area contributed by atoms with Crippen LogP contribution in [-0.4, -0.2) is 64.7 Å². The van der Waals surface area contributed by atoms with Crippen molar-refractivity contribution in [2.24, 2.45) is 5.73 Å². The second kappa shape index (κ2) is 8.18. The van der Waals surface area contributed by atoms with Crippen LogP contribution in [-0.2, 0) is 0 Å². The van der Waals surface area contributed by atoms with Crippen LogP contribution in [0.5, 0.6) is 0 Å². The van der Waals surface area contributed by atoms with E-state index in [4.69, 9.17) is 5.73 Å². The molecule has 9 heteroatoms. The van der Waals surface area contributed by atoms with Crippen LogP contribution in [0.15, 0.2) is 54.6 Å². The summed E-state index contributed by atoms with van der Waals surface area (Å²) in [6, 6.07) is 15.0. The molecule has 0 radical (unpaired) electrons. The zero-order chi connectivity index (χ0) is 23.1. The van der Waals surface area contributed by atoms with E-state index >= 15 is 0 Å². The number of aromatic nitrogens is 2. The molecule has 1 aliphatic heterocycles. The minimum absolute atomic E-state index is 0.128. The summed E-state index contributed by atoms with van der Waals surface area (Å²) in [7, 11) is 2.04. The van der Waals surface area contributed by atoms with Crippen molar-refractivity contribution in [3.05, 3.63) is 66.1 Å². The first-order chi connectivity index (χ1) is 15.9. The summed E-state index contributed by atoms with van der Waals surface area (Å²) in [5.41, 5.74) is 7.59. The molecule has 4 aromatic rings. The predicted octanol–water partition coefficient (Wildman–Crippen LogP) is 3.20. The van der Waals surface area contributed by atoms with Gasteiger partial charge in [0.2, 0.25) is 0 Å². The Hall–Kier alpha value is -3.98. The molecule has 1 aromatic heterocycles. The van der Waals surface area contributed by atoms with Crippen LogP contribution in [0.4, 0.5) is 14.9 Å². The highest BCUT2D eigenvalue weighted by Gasteiger charge is 2.21. The molecule has 3 N–H and O–H groups in total. The van der Waals surface area contributed by atoms with Gasteiger partial charge in [0.1, 0.15) is 5.82 Å². The molecule has 1 fully saturated rings. The number of nitrogens with one attached hydrogen (secondary N) is 1. The quantitative estimate of drug-likeness (QED) is 0.505. The molecule has 0 spiro atoms. The van der Waals surface area contributed by atoms with Crippen molar-refractivity contribution in [3.63, 3.8) is 0 Å². The Morgan fingerprint density at radius 3 is 2.36 bits per heavy atom. The van der Waals surface area contributed by atoms with Gasteiger partial charge < -0.3 is 20.9 Å². The molecule has 0 atom stereocenters. The number of carbonyl (C=O) groups excluding carboxylic acids is 2. The van der Waals surface area contributed by atoms with Crippen molar-refractivity contribution in [1.82, 2.24) is 19.6 Å². The van der Waals surface area contributed by atoms with E-state index in [1.807, 2.05) is 31.3 Å². The van der Waals surface area contributed by atoms with Crippen molar-refractivity contribution < 1.29 is 14.0 Å². The Labute approximate surface area is 189 Å². The lowest BCUT2D eigenvalue weighted by molar-refractivity contribution is 0.0996. The molecule has 8 nitrogen and oxygen atoms in total. The lowest BCUT2D eigenvalue weighted by Crippen LogP contribution is -2.48. The third-order valence-corrected chi connectivity index (χ3v) is 6.01. The van der Waals surface area contributed by atoms with E-state index in [1.54, 1.807) is 27.8 Å². The van der Waals surface area contributed by atoms with E-state index < -0.39 is 5.91 Å². The van der Waals surface area contributed by atoms with E-state index in [1.165, 1.54) is 12.1 Å². The van der Waals surface area contributed by atoms with Gasteiger partial charge in [0.05, 0.1) is 11.2 Å². The van der Waals surface area contributed by atoms with Gasteiger partial charge in [0, 0.05) is 42.6 Å². The Balaban J connectivity index is 1.61. The van der Waals surface area contributed by atoms with Crippen molar-refractivity contribution in [3.8, 4) is 5.69 Å². The summed E-state index contributed by atoms with van der Waals surface area (Å²) in [4.78, 5) is 28.8. The Bertz CT molecular complexity index is 1370. The second-order valence-electron chi connectivity index (χ2n) is 8.22. The van der Waals surface area contributed by atoms with Gasteiger partial charge in [-0.05, 0) is 54.9 Å².